The highest BCUT2D eigenvalue weighted by Crippen LogP contribution is 2.17. The molecular weight excluding hydrogens is 374 g/mol. The van der Waals surface area contributed by atoms with Crippen LogP contribution in [-0.2, 0) is 0 Å². The molecule has 0 saturated heterocycles. The van der Waals surface area contributed by atoms with Gasteiger partial charge in [0.15, 0.2) is 11.6 Å². The fraction of sp³-hybridized carbons (Fsp3) is 0.391. The number of ether oxygens (including phenoxy) is 1. The van der Waals surface area contributed by atoms with Crippen LogP contribution in [0.15, 0.2) is 47.5 Å². The van der Waals surface area contributed by atoms with Crippen molar-refractivity contribution in [3.05, 3.63) is 59.7 Å². The number of nitrogens with zero attached hydrogens (tertiary/aromatic N) is 1. The highest BCUT2D eigenvalue weighted by Gasteiger charge is 2.06. The third-order valence-electron chi connectivity index (χ3n) is 4.42. The lowest BCUT2D eigenvalue weighted by molar-refractivity contribution is 0.259. The number of benzene rings is 2. The lowest BCUT2D eigenvalue weighted by Gasteiger charge is -2.07. The number of anilines is 1. The molecule has 1 N–H and O–H groups in total. The van der Waals surface area contributed by atoms with E-state index in [-0.39, 0.29) is 5.56 Å². The first-order valence-corrected chi connectivity index (χ1v) is 10.1. The van der Waals surface area contributed by atoms with Crippen molar-refractivity contribution in [2.45, 2.75) is 51.9 Å². The lowest BCUT2D eigenvalue weighted by atomic mass is 10.1. The van der Waals surface area contributed by atoms with Crippen LogP contribution < -0.4 is 10.1 Å². The summed E-state index contributed by atoms with van der Waals surface area (Å²) in [7, 11) is 0. The minimum Gasteiger partial charge on any atom is -0.494 e. The van der Waals surface area contributed by atoms with Crippen molar-refractivity contribution >= 4 is 17.9 Å². The molecule has 156 valence electrons. The van der Waals surface area contributed by atoms with Crippen molar-refractivity contribution in [1.82, 2.24) is 0 Å². The topological polar surface area (TPSA) is 50.7 Å². The second kappa shape index (κ2) is 12.6. The molecule has 0 aliphatic heterocycles. The summed E-state index contributed by atoms with van der Waals surface area (Å²) in [5.74, 6) is -1.28. The zero-order valence-electron chi connectivity index (χ0n) is 16.8. The highest BCUT2D eigenvalue weighted by atomic mass is 19.2. The van der Waals surface area contributed by atoms with Gasteiger partial charge in [-0.3, -0.25) is 0 Å². The third kappa shape index (κ3) is 8.42. The molecule has 0 bridgehead atoms. The summed E-state index contributed by atoms with van der Waals surface area (Å²) >= 11 is 0. The number of nitrogens with one attached hydrogen (secondary N) is 1. The maximum atomic E-state index is 13.5. The largest absolute Gasteiger partial charge is 0.494 e. The maximum Gasteiger partial charge on any atom is 0.345 e. The van der Waals surface area contributed by atoms with Crippen molar-refractivity contribution in [1.29, 1.82) is 0 Å². The van der Waals surface area contributed by atoms with E-state index in [4.69, 9.17) is 4.74 Å². The Morgan fingerprint density at radius 1 is 1.00 bits per heavy atom. The zero-order chi connectivity index (χ0) is 20.9. The Morgan fingerprint density at radius 2 is 1.69 bits per heavy atom. The van der Waals surface area contributed by atoms with E-state index >= 15 is 0 Å². The molecule has 29 heavy (non-hydrogen) atoms. The first-order chi connectivity index (χ1) is 14.1. The molecule has 6 heteroatoms. The molecule has 0 radical (unpaired) electrons. The van der Waals surface area contributed by atoms with E-state index in [0.29, 0.717) is 12.3 Å². The van der Waals surface area contributed by atoms with E-state index in [1.165, 1.54) is 50.7 Å². The van der Waals surface area contributed by atoms with Gasteiger partial charge in [0.25, 0.3) is 0 Å². The Balaban J connectivity index is 1.71. The second-order valence-corrected chi connectivity index (χ2v) is 6.83. The van der Waals surface area contributed by atoms with Crippen LogP contribution in [0.1, 0.15) is 57.4 Å². The Labute approximate surface area is 171 Å². The predicted molar refractivity (Wildman–Crippen MR) is 113 cm³/mol. The summed E-state index contributed by atoms with van der Waals surface area (Å²) in [6.07, 6.45) is 9.60. The molecule has 0 aliphatic carbocycles. The summed E-state index contributed by atoms with van der Waals surface area (Å²) in [6.45, 7) is 2.88. The minimum atomic E-state index is -1.04. The zero-order valence-corrected chi connectivity index (χ0v) is 16.8. The molecule has 0 aromatic heterocycles. The fourth-order valence-electron chi connectivity index (χ4n) is 2.79. The molecule has 2 aromatic rings. The lowest BCUT2D eigenvalue weighted by Crippen LogP contribution is -2.07. The second-order valence-electron chi connectivity index (χ2n) is 6.83. The van der Waals surface area contributed by atoms with E-state index in [1.54, 1.807) is 24.3 Å². The van der Waals surface area contributed by atoms with Gasteiger partial charge >= 0.3 is 6.03 Å². The molecule has 2 aromatic carbocycles. The SMILES string of the molecule is CCCCCCCCCOc1ccc(NC(=O)/N=C/c2cccc(F)c2F)cc1. The van der Waals surface area contributed by atoms with Gasteiger partial charge in [-0.2, -0.15) is 0 Å². The minimum absolute atomic E-state index is 0.0886. The third-order valence-corrected chi connectivity index (χ3v) is 4.42. The van der Waals surface area contributed by atoms with Crippen molar-refractivity contribution < 1.29 is 18.3 Å². The number of rotatable bonds is 11. The first kappa shape index (κ1) is 22.5. The van der Waals surface area contributed by atoms with Crippen LogP contribution in [0.25, 0.3) is 0 Å². The Kier molecular flexibility index (Phi) is 9.83. The van der Waals surface area contributed by atoms with E-state index in [2.05, 4.69) is 17.2 Å². The molecule has 0 unspecified atom stereocenters. The molecular formula is C23H28F2N2O2. The average molecular weight is 402 g/mol. The van der Waals surface area contributed by atoms with E-state index < -0.39 is 17.7 Å². The number of hydrogen-bond acceptors (Lipinski definition) is 2. The van der Waals surface area contributed by atoms with Crippen LogP contribution in [0.4, 0.5) is 19.3 Å². The van der Waals surface area contributed by atoms with Crippen LogP contribution in [0.2, 0.25) is 0 Å². The smallest absolute Gasteiger partial charge is 0.345 e. The predicted octanol–water partition coefficient (Wildman–Crippen LogP) is 6.75. The van der Waals surface area contributed by atoms with Gasteiger partial charge in [-0.25, -0.2) is 18.6 Å². The van der Waals surface area contributed by atoms with E-state index in [0.717, 1.165) is 24.5 Å². The van der Waals surface area contributed by atoms with Crippen LogP contribution in [0.5, 0.6) is 5.75 Å². The van der Waals surface area contributed by atoms with E-state index in [1.807, 2.05) is 0 Å². The van der Waals surface area contributed by atoms with Crippen molar-refractivity contribution in [3.8, 4) is 5.75 Å². The molecule has 0 aliphatic rings. The van der Waals surface area contributed by atoms with Crippen LogP contribution >= 0.6 is 0 Å². The number of carbonyl (C=O) groups excluding carboxylic acids is 1. The average Bonchev–Trinajstić information content (AvgIpc) is 2.72. The Bertz CT molecular complexity index is 792. The van der Waals surface area contributed by atoms with Crippen molar-refractivity contribution in [2.75, 3.05) is 11.9 Å². The monoisotopic (exact) mass is 402 g/mol. The standard InChI is InChI=1S/C23H28F2N2O2/c1-2-3-4-5-6-7-8-16-29-20-14-12-19(13-15-20)27-23(28)26-17-18-10-9-11-21(24)22(18)25/h9-15,17H,2-8,16H2,1H3,(H,27,28)/b26-17+. The summed E-state index contributed by atoms with van der Waals surface area (Å²) in [5.41, 5.74) is 0.449. The Hall–Kier alpha value is -2.76. The van der Waals surface area contributed by atoms with Gasteiger partial charge in [-0.05, 0) is 36.8 Å². The van der Waals surface area contributed by atoms with Crippen molar-refractivity contribution in [2.24, 2.45) is 4.99 Å². The number of aliphatic imine (C=N–C) groups is 1. The quantitative estimate of drug-likeness (QED) is 0.334. The number of halogens is 2. The molecule has 0 atom stereocenters. The summed E-state index contributed by atoms with van der Waals surface area (Å²) in [4.78, 5) is 15.4. The molecule has 2 rings (SSSR count). The Morgan fingerprint density at radius 3 is 2.41 bits per heavy atom. The van der Waals surface area contributed by atoms with Gasteiger partial charge in [0.05, 0.1) is 6.61 Å². The highest BCUT2D eigenvalue weighted by molar-refractivity contribution is 5.98. The number of carbonyl (C=O) groups is 1. The number of unbranched alkanes of at least 4 members (excludes halogenated alkanes) is 6. The summed E-state index contributed by atoms with van der Waals surface area (Å²) < 4.78 is 32.4. The fourth-order valence-corrected chi connectivity index (χ4v) is 2.79. The molecule has 0 saturated carbocycles. The van der Waals surface area contributed by atoms with Gasteiger partial charge in [-0.15, -0.1) is 0 Å². The van der Waals surface area contributed by atoms with Crippen LogP contribution in [0.3, 0.4) is 0 Å². The number of amides is 2. The molecule has 2 amide bonds. The number of urea groups is 1. The van der Waals surface area contributed by atoms with Gasteiger partial charge in [0.2, 0.25) is 0 Å². The summed E-state index contributed by atoms with van der Waals surface area (Å²) in [5, 5.41) is 2.57. The normalized spacial score (nSPS) is 11.0. The van der Waals surface area contributed by atoms with Gasteiger partial charge < -0.3 is 10.1 Å². The van der Waals surface area contributed by atoms with Gasteiger partial charge in [0, 0.05) is 17.5 Å². The van der Waals surface area contributed by atoms with Gasteiger partial charge in [0.1, 0.15) is 5.75 Å². The summed E-state index contributed by atoms with van der Waals surface area (Å²) in [6, 6.07) is 9.97. The maximum absolute atomic E-state index is 13.5. The van der Waals surface area contributed by atoms with E-state index in [9.17, 15) is 13.6 Å². The molecule has 4 nitrogen and oxygen atoms in total. The van der Waals surface area contributed by atoms with Crippen molar-refractivity contribution in [3.63, 3.8) is 0 Å². The van der Waals surface area contributed by atoms with Crippen LogP contribution in [0, 0.1) is 11.6 Å². The molecule has 0 fully saturated rings. The number of hydrogen-bond donors (Lipinski definition) is 1. The van der Waals surface area contributed by atoms with Crippen LogP contribution in [-0.4, -0.2) is 18.9 Å². The van der Waals surface area contributed by atoms with Gasteiger partial charge in [-0.1, -0.05) is 57.6 Å². The first-order valence-electron chi connectivity index (χ1n) is 10.1. The molecule has 0 spiro atoms. The molecule has 0 heterocycles.